The van der Waals surface area contributed by atoms with Gasteiger partial charge in [0.25, 0.3) is 0 Å². The van der Waals surface area contributed by atoms with E-state index in [1.165, 1.54) is 5.69 Å². The highest BCUT2D eigenvalue weighted by molar-refractivity contribution is 5.13. The van der Waals surface area contributed by atoms with Crippen LogP contribution in [0.1, 0.15) is 17.8 Å². The first kappa shape index (κ1) is 10.4. The third-order valence-corrected chi connectivity index (χ3v) is 2.55. The molecule has 0 aliphatic carbocycles. The summed E-state index contributed by atoms with van der Waals surface area (Å²) >= 11 is 0. The summed E-state index contributed by atoms with van der Waals surface area (Å²) in [6.07, 6.45) is 4.83. The molecule has 82 valence electrons. The van der Waals surface area contributed by atoms with Crippen molar-refractivity contribution in [2.45, 2.75) is 26.1 Å². The summed E-state index contributed by atoms with van der Waals surface area (Å²) in [5.74, 6) is 0. The fourth-order valence-corrected chi connectivity index (χ4v) is 1.79. The molecule has 0 radical (unpaired) electrons. The molecule has 1 aliphatic heterocycles. The highest BCUT2D eigenvalue weighted by Gasteiger charge is 2.12. The zero-order chi connectivity index (χ0) is 10.5. The van der Waals surface area contributed by atoms with Gasteiger partial charge < -0.3 is 14.6 Å². The first-order valence-corrected chi connectivity index (χ1v) is 5.34. The van der Waals surface area contributed by atoms with Gasteiger partial charge in [-0.05, 0) is 13.0 Å². The van der Waals surface area contributed by atoms with Crippen molar-refractivity contribution in [3.8, 4) is 0 Å². The maximum atomic E-state index is 5.41. The third-order valence-electron chi connectivity index (χ3n) is 2.55. The molecule has 1 N–H and O–H groups in total. The molecule has 0 saturated heterocycles. The van der Waals surface area contributed by atoms with Gasteiger partial charge in [-0.2, -0.15) is 0 Å². The van der Waals surface area contributed by atoms with Crippen LogP contribution in [-0.4, -0.2) is 22.7 Å². The van der Waals surface area contributed by atoms with Gasteiger partial charge in [-0.3, -0.25) is 0 Å². The molecule has 0 fully saturated rings. The van der Waals surface area contributed by atoms with Crippen LogP contribution in [0.2, 0.25) is 0 Å². The van der Waals surface area contributed by atoms with Gasteiger partial charge in [-0.25, -0.2) is 4.98 Å². The van der Waals surface area contributed by atoms with Crippen LogP contribution in [0.5, 0.6) is 0 Å². The molecule has 0 aromatic carbocycles. The van der Waals surface area contributed by atoms with E-state index in [1.54, 1.807) is 6.08 Å². The quantitative estimate of drug-likeness (QED) is 0.593. The van der Waals surface area contributed by atoms with Gasteiger partial charge in [0.05, 0.1) is 30.9 Å². The molecular formula is C11H17N3O. The molecule has 0 amide bonds. The van der Waals surface area contributed by atoms with Crippen LogP contribution >= 0.6 is 0 Å². The SMILES string of the molecule is C=CCOCc1ncn2c1CNCCC2. The third kappa shape index (κ3) is 2.46. The van der Waals surface area contributed by atoms with E-state index in [4.69, 9.17) is 4.74 Å². The maximum absolute atomic E-state index is 5.41. The van der Waals surface area contributed by atoms with Crippen LogP contribution < -0.4 is 5.32 Å². The number of rotatable bonds is 4. The van der Waals surface area contributed by atoms with Gasteiger partial charge in [0.15, 0.2) is 0 Å². The van der Waals surface area contributed by atoms with E-state index in [9.17, 15) is 0 Å². The molecular weight excluding hydrogens is 190 g/mol. The summed E-state index contributed by atoms with van der Waals surface area (Å²) in [5.41, 5.74) is 2.31. The van der Waals surface area contributed by atoms with E-state index in [2.05, 4.69) is 21.4 Å². The second-order valence-corrected chi connectivity index (χ2v) is 3.67. The summed E-state index contributed by atoms with van der Waals surface area (Å²) in [4.78, 5) is 4.37. The van der Waals surface area contributed by atoms with Crippen LogP contribution in [0.4, 0.5) is 0 Å². The molecule has 0 saturated carbocycles. The number of fused-ring (bicyclic) bond motifs is 1. The predicted molar refractivity (Wildman–Crippen MR) is 58.4 cm³/mol. The van der Waals surface area contributed by atoms with E-state index in [-0.39, 0.29) is 0 Å². The van der Waals surface area contributed by atoms with Crippen LogP contribution in [0.25, 0.3) is 0 Å². The molecule has 0 atom stereocenters. The molecule has 4 heteroatoms. The maximum Gasteiger partial charge on any atom is 0.0953 e. The fourth-order valence-electron chi connectivity index (χ4n) is 1.79. The van der Waals surface area contributed by atoms with Crippen LogP contribution in [-0.2, 0) is 24.4 Å². The lowest BCUT2D eigenvalue weighted by Gasteiger charge is -2.05. The average Bonchev–Trinajstić information content (AvgIpc) is 2.50. The van der Waals surface area contributed by atoms with E-state index in [0.29, 0.717) is 13.2 Å². The van der Waals surface area contributed by atoms with Crippen molar-refractivity contribution in [3.05, 3.63) is 30.4 Å². The van der Waals surface area contributed by atoms with E-state index >= 15 is 0 Å². The van der Waals surface area contributed by atoms with Crippen LogP contribution in [0, 0.1) is 0 Å². The summed E-state index contributed by atoms with van der Waals surface area (Å²) in [6.45, 7) is 7.81. The monoisotopic (exact) mass is 207 g/mol. The van der Waals surface area contributed by atoms with Crippen LogP contribution in [0.15, 0.2) is 19.0 Å². The summed E-state index contributed by atoms with van der Waals surface area (Å²) in [5, 5.41) is 3.38. The Labute approximate surface area is 90.0 Å². The van der Waals surface area contributed by atoms with Crippen molar-refractivity contribution in [2.24, 2.45) is 0 Å². The molecule has 2 rings (SSSR count). The Hall–Kier alpha value is -1.13. The minimum Gasteiger partial charge on any atom is -0.371 e. The Morgan fingerprint density at radius 1 is 1.67 bits per heavy atom. The molecule has 15 heavy (non-hydrogen) atoms. The number of hydrogen-bond acceptors (Lipinski definition) is 3. The minimum absolute atomic E-state index is 0.579. The second-order valence-electron chi connectivity index (χ2n) is 3.67. The van der Waals surface area contributed by atoms with Gasteiger partial charge in [0.1, 0.15) is 0 Å². The molecule has 1 aromatic rings. The van der Waals surface area contributed by atoms with Crippen molar-refractivity contribution in [1.82, 2.24) is 14.9 Å². The number of hydrogen-bond donors (Lipinski definition) is 1. The van der Waals surface area contributed by atoms with Crippen molar-refractivity contribution in [1.29, 1.82) is 0 Å². The number of imidazole rings is 1. The van der Waals surface area contributed by atoms with Gasteiger partial charge in [0.2, 0.25) is 0 Å². The lowest BCUT2D eigenvalue weighted by Crippen LogP contribution is -2.13. The Bertz CT molecular complexity index is 333. The highest BCUT2D eigenvalue weighted by atomic mass is 16.5. The van der Waals surface area contributed by atoms with Crippen molar-refractivity contribution in [3.63, 3.8) is 0 Å². The number of aromatic nitrogens is 2. The summed E-state index contributed by atoms with van der Waals surface area (Å²) in [6, 6.07) is 0. The Morgan fingerprint density at radius 3 is 3.47 bits per heavy atom. The topological polar surface area (TPSA) is 39.1 Å². The van der Waals surface area contributed by atoms with E-state index in [1.807, 2.05) is 6.33 Å². The van der Waals surface area contributed by atoms with Crippen molar-refractivity contribution in [2.75, 3.05) is 13.2 Å². The number of nitrogens with one attached hydrogen (secondary N) is 1. The summed E-state index contributed by atoms with van der Waals surface area (Å²) in [7, 11) is 0. The van der Waals surface area contributed by atoms with E-state index in [0.717, 1.165) is 31.7 Å². The van der Waals surface area contributed by atoms with Crippen LogP contribution in [0.3, 0.4) is 0 Å². The minimum atomic E-state index is 0.579. The molecule has 1 aliphatic rings. The first-order chi connectivity index (χ1) is 7.42. The summed E-state index contributed by atoms with van der Waals surface area (Å²) < 4.78 is 7.63. The lowest BCUT2D eigenvalue weighted by atomic mass is 10.3. The number of aryl methyl sites for hydroxylation is 1. The van der Waals surface area contributed by atoms with Crippen molar-refractivity contribution < 1.29 is 4.74 Å². The standard InChI is InChI=1S/C11H17N3O/c1-2-6-15-8-10-11-7-12-4-3-5-14(11)9-13-10/h2,9,12H,1,3-8H2. The molecule has 4 nitrogen and oxygen atoms in total. The van der Waals surface area contributed by atoms with Crippen molar-refractivity contribution >= 4 is 0 Å². The predicted octanol–water partition coefficient (Wildman–Crippen LogP) is 1.08. The zero-order valence-corrected chi connectivity index (χ0v) is 8.91. The van der Waals surface area contributed by atoms with E-state index < -0.39 is 0 Å². The number of nitrogens with zero attached hydrogens (tertiary/aromatic N) is 2. The Morgan fingerprint density at radius 2 is 2.60 bits per heavy atom. The molecule has 0 unspecified atom stereocenters. The smallest absolute Gasteiger partial charge is 0.0953 e. The van der Waals surface area contributed by atoms with Gasteiger partial charge >= 0.3 is 0 Å². The number of ether oxygens (including phenoxy) is 1. The van der Waals surface area contributed by atoms with Gasteiger partial charge in [-0.15, -0.1) is 6.58 Å². The molecule has 1 aromatic heterocycles. The Balaban J connectivity index is 2.04. The fraction of sp³-hybridized carbons (Fsp3) is 0.545. The second kappa shape index (κ2) is 5.09. The normalized spacial score (nSPS) is 15.7. The molecule has 2 heterocycles. The zero-order valence-electron chi connectivity index (χ0n) is 8.91. The van der Waals surface area contributed by atoms with Gasteiger partial charge in [0, 0.05) is 13.1 Å². The molecule has 0 spiro atoms. The lowest BCUT2D eigenvalue weighted by molar-refractivity contribution is 0.145. The highest BCUT2D eigenvalue weighted by Crippen LogP contribution is 2.12. The Kier molecular flexibility index (Phi) is 3.53. The first-order valence-electron chi connectivity index (χ1n) is 5.34. The average molecular weight is 207 g/mol. The van der Waals surface area contributed by atoms with Gasteiger partial charge in [-0.1, -0.05) is 6.08 Å². The molecule has 0 bridgehead atoms. The largest absolute Gasteiger partial charge is 0.371 e.